The summed E-state index contributed by atoms with van der Waals surface area (Å²) in [6, 6.07) is 6.28. The van der Waals surface area contributed by atoms with Gasteiger partial charge in [0.2, 0.25) is 0 Å². The monoisotopic (exact) mass is 311 g/mol. The number of ether oxygens (including phenoxy) is 1. The van der Waals surface area contributed by atoms with Gasteiger partial charge in [0, 0.05) is 0 Å². The number of carbonyl (C=O) groups excluding carboxylic acids is 1. The van der Waals surface area contributed by atoms with Crippen LogP contribution in [-0.4, -0.2) is 36.2 Å². The lowest BCUT2D eigenvalue weighted by molar-refractivity contribution is -0.142. The van der Waals surface area contributed by atoms with E-state index in [1.807, 2.05) is 0 Å². The highest BCUT2D eigenvalue weighted by Crippen LogP contribution is 2.19. The maximum absolute atomic E-state index is 12.0. The summed E-state index contributed by atoms with van der Waals surface area (Å²) >= 11 is 0. The molecule has 122 valence electrons. The van der Waals surface area contributed by atoms with Gasteiger partial charge in [0.15, 0.2) is 0 Å². The van der Waals surface area contributed by atoms with Crippen molar-refractivity contribution >= 4 is 11.8 Å². The maximum Gasteiger partial charge on any atom is 0.306 e. The summed E-state index contributed by atoms with van der Waals surface area (Å²) in [7, 11) is 0. The highest BCUT2D eigenvalue weighted by Gasteiger charge is 2.20. The topological polar surface area (TPSA) is 89.6 Å². The molecule has 0 spiro atoms. The number of nitrogens with two attached hydrogens (primary N) is 1. The van der Waals surface area contributed by atoms with E-state index >= 15 is 0 Å². The first-order valence-corrected chi connectivity index (χ1v) is 7.20. The predicted octanol–water partition coefficient (Wildman–Crippen LogP) is 1.97. The zero-order valence-electron chi connectivity index (χ0n) is 12.6. The molecule has 0 saturated carbocycles. The molecule has 1 aromatic rings. The van der Waals surface area contributed by atoms with E-state index in [-0.39, 0.29) is 12.4 Å². The molecule has 1 rings (SSSR count). The molecule has 3 N–H and O–H groups in total. The standard InChI is InChI=1S/C16H22FNO4/c1-11(19)15(18)7-4-13(16(20)21)10-12-2-5-14(6-3-12)22-9-8-17/h2-3,5-6,13,15H,4,7-10,18H2,1H3,(H,20,21)/t13-,15+/m1/s1. The highest BCUT2D eigenvalue weighted by molar-refractivity contribution is 5.81. The molecule has 0 bridgehead atoms. The highest BCUT2D eigenvalue weighted by atomic mass is 19.1. The Labute approximate surface area is 129 Å². The molecule has 0 radical (unpaired) electrons. The van der Waals surface area contributed by atoms with Gasteiger partial charge in [-0.2, -0.15) is 0 Å². The summed E-state index contributed by atoms with van der Waals surface area (Å²) in [5.41, 5.74) is 6.48. The summed E-state index contributed by atoms with van der Waals surface area (Å²) in [5.74, 6) is -1.10. The fourth-order valence-electron chi connectivity index (χ4n) is 2.06. The molecule has 0 aliphatic rings. The molecule has 0 amide bonds. The summed E-state index contributed by atoms with van der Waals surface area (Å²) in [5, 5.41) is 9.26. The van der Waals surface area contributed by atoms with Crippen LogP contribution in [0.15, 0.2) is 24.3 Å². The number of hydrogen-bond donors (Lipinski definition) is 2. The van der Waals surface area contributed by atoms with Gasteiger partial charge in [-0.25, -0.2) is 4.39 Å². The van der Waals surface area contributed by atoms with Crippen LogP contribution in [0.25, 0.3) is 0 Å². The van der Waals surface area contributed by atoms with Gasteiger partial charge in [-0.1, -0.05) is 12.1 Å². The van der Waals surface area contributed by atoms with Crippen LogP contribution in [0.1, 0.15) is 25.3 Å². The van der Waals surface area contributed by atoms with Crippen LogP contribution >= 0.6 is 0 Å². The van der Waals surface area contributed by atoms with Gasteiger partial charge >= 0.3 is 5.97 Å². The van der Waals surface area contributed by atoms with E-state index in [4.69, 9.17) is 10.5 Å². The van der Waals surface area contributed by atoms with Gasteiger partial charge < -0.3 is 15.6 Å². The first kappa shape index (κ1) is 18.1. The van der Waals surface area contributed by atoms with Crippen molar-refractivity contribution < 1.29 is 23.8 Å². The number of carboxylic acid groups (broad SMARTS) is 1. The van der Waals surface area contributed by atoms with Gasteiger partial charge in [-0.3, -0.25) is 9.59 Å². The van der Waals surface area contributed by atoms with Gasteiger partial charge in [0.1, 0.15) is 24.8 Å². The Balaban J connectivity index is 2.59. The molecule has 2 atom stereocenters. The van der Waals surface area contributed by atoms with Crippen molar-refractivity contribution in [2.24, 2.45) is 11.7 Å². The average Bonchev–Trinajstić information content (AvgIpc) is 2.49. The Kier molecular flexibility index (Phi) is 7.52. The molecular weight excluding hydrogens is 289 g/mol. The summed E-state index contributed by atoms with van der Waals surface area (Å²) in [6.45, 7) is 0.843. The van der Waals surface area contributed by atoms with Gasteiger partial charge in [0.05, 0.1) is 12.0 Å². The van der Waals surface area contributed by atoms with Crippen LogP contribution in [0.2, 0.25) is 0 Å². The van der Waals surface area contributed by atoms with Crippen molar-refractivity contribution in [3.05, 3.63) is 29.8 Å². The van der Waals surface area contributed by atoms with Crippen LogP contribution in [0.5, 0.6) is 5.75 Å². The maximum atomic E-state index is 12.0. The lowest BCUT2D eigenvalue weighted by Crippen LogP contribution is -2.30. The summed E-state index contributed by atoms with van der Waals surface area (Å²) in [6.07, 6.45) is 1.05. The van der Waals surface area contributed by atoms with Crippen LogP contribution < -0.4 is 10.5 Å². The first-order valence-electron chi connectivity index (χ1n) is 7.20. The molecule has 0 aromatic heterocycles. The third kappa shape index (κ3) is 6.22. The molecule has 5 nitrogen and oxygen atoms in total. The van der Waals surface area contributed by atoms with Crippen LogP contribution in [-0.2, 0) is 16.0 Å². The molecule has 1 aromatic carbocycles. The van der Waals surface area contributed by atoms with Crippen molar-refractivity contribution in [3.8, 4) is 5.75 Å². The third-order valence-corrected chi connectivity index (χ3v) is 3.45. The number of hydrogen-bond acceptors (Lipinski definition) is 4. The number of carbonyl (C=O) groups is 2. The second-order valence-corrected chi connectivity index (χ2v) is 5.22. The summed E-state index contributed by atoms with van der Waals surface area (Å²) in [4.78, 5) is 22.4. The normalized spacial score (nSPS) is 13.4. The van der Waals surface area contributed by atoms with E-state index in [0.29, 0.717) is 25.0 Å². The fraction of sp³-hybridized carbons (Fsp3) is 0.500. The smallest absolute Gasteiger partial charge is 0.306 e. The van der Waals surface area contributed by atoms with Gasteiger partial charge in [-0.05, 0) is 43.9 Å². The number of Topliss-reactive ketones (excluding diaryl/α,β-unsaturated/α-hetero) is 1. The molecule has 0 aliphatic heterocycles. The number of alkyl halides is 1. The van der Waals surface area contributed by atoms with E-state index in [0.717, 1.165) is 5.56 Å². The van der Waals surface area contributed by atoms with Crippen molar-refractivity contribution in [3.63, 3.8) is 0 Å². The third-order valence-electron chi connectivity index (χ3n) is 3.45. The lowest BCUT2D eigenvalue weighted by atomic mass is 9.92. The van der Waals surface area contributed by atoms with Crippen LogP contribution in [0.4, 0.5) is 4.39 Å². The molecule has 22 heavy (non-hydrogen) atoms. The van der Waals surface area contributed by atoms with Crippen molar-refractivity contribution in [2.75, 3.05) is 13.3 Å². The molecule has 0 fully saturated rings. The Bertz CT molecular complexity index is 489. The Hall–Kier alpha value is -1.95. The molecule has 6 heteroatoms. The quantitative estimate of drug-likeness (QED) is 0.689. The lowest BCUT2D eigenvalue weighted by Gasteiger charge is -2.15. The van der Waals surface area contributed by atoms with E-state index in [1.165, 1.54) is 6.92 Å². The van der Waals surface area contributed by atoms with E-state index in [1.54, 1.807) is 24.3 Å². The molecule has 0 unspecified atom stereocenters. The zero-order chi connectivity index (χ0) is 16.5. The van der Waals surface area contributed by atoms with Crippen molar-refractivity contribution in [2.45, 2.75) is 32.2 Å². The number of carboxylic acids is 1. The Morgan fingerprint density at radius 1 is 1.27 bits per heavy atom. The Morgan fingerprint density at radius 3 is 2.41 bits per heavy atom. The molecular formula is C16H22FNO4. The largest absolute Gasteiger partial charge is 0.491 e. The number of ketones is 1. The molecule has 0 saturated heterocycles. The Morgan fingerprint density at radius 2 is 1.91 bits per heavy atom. The van der Waals surface area contributed by atoms with Crippen LogP contribution in [0, 0.1) is 5.92 Å². The van der Waals surface area contributed by atoms with Crippen LogP contribution in [0.3, 0.4) is 0 Å². The van der Waals surface area contributed by atoms with E-state index < -0.39 is 24.6 Å². The van der Waals surface area contributed by atoms with Gasteiger partial charge in [-0.15, -0.1) is 0 Å². The number of benzene rings is 1. The second kappa shape index (κ2) is 9.15. The SMILES string of the molecule is CC(=O)[C@@H](N)CC[C@H](Cc1ccc(OCCF)cc1)C(=O)O. The predicted molar refractivity (Wildman–Crippen MR) is 80.6 cm³/mol. The minimum Gasteiger partial charge on any atom is -0.491 e. The number of halogens is 1. The van der Waals surface area contributed by atoms with E-state index in [9.17, 15) is 19.1 Å². The van der Waals surface area contributed by atoms with Gasteiger partial charge in [0.25, 0.3) is 0 Å². The minimum absolute atomic E-state index is 0.0000321. The summed E-state index contributed by atoms with van der Waals surface area (Å²) < 4.78 is 17.1. The first-order chi connectivity index (χ1) is 10.4. The molecule has 0 heterocycles. The molecule has 0 aliphatic carbocycles. The fourth-order valence-corrected chi connectivity index (χ4v) is 2.06. The number of rotatable bonds is 10. The number of aliphatic carboxylic acids is 1. The minimum atomic E-state index is -0.909. The van der Waals surface area contributed by atoms with Crippen molar-refractivity contribution in [1.29, 1.82) is 0 Å². The average molecular weight is 311 g/mol. The second-order valence-electron chi connectivity index (χ2n) is 5.22. The van der Waals surface area contributed by atoms with E-state index in [2.05, 4.69) is 0 Å². The van der Waals surface area contributed by atoms with Crippen molar-refractivity contribution in [1.82, 2.24) is 0 Å². The zero-order valence-corrected chi connectivity index (χ0v) is 12.6.